The summed E-state index contributed by atoms with van der Waals surface area (Å²) in [4.78, 5) is 21.8. The molecule has 0 fully saturated rings. The first-order valence-electron chi connectivity index (χ1n) is 6.68. The number of aryl methyl sites for hydroxylation is 1. The molecule has 0 N–H and O–H groups in total. The first-order chi connectivity index (χ1) is 10.9. The van der Waals surface area contributed by atoms with E-state index in [1.807, 2.05) is 24.3 Å². The van der Waals surface area contributed by atoms with Crippen LogP contribution >= 0.6 is 31.9 Å². The predicted molar refractivity (Wildman–Crippen MR) is 92.6 cm³/mol. The summed E-state index contributed by atoms with van der Waals surface area (Å²) in [6, 6.07) is 11.1. The fourth-order valence-electron chi connectivity index (χ4n) is 2.19. The van der Waals surface area contributed by atoms with Crippen LogP contribution in [-0.4, -0.2) is 10.5 Å². The molecule has 0 bridgehead atoms. The largest absolute Gasteiger partial charge is 0.426 e. The molecule has 2 aromatic carbocycles. The van der Waals surface area contributed by atoms with E-state index in [9.17, 15) is 9.59 Å². The topological polar surface area (TPSA) is 61.4 Å². The van der Waals surface area contributed by atoms with Crippen molar-refractivity contribution in [1.82, 2.24) is 4.57 Å². The van der Waals surface area contributed by atoms with Gasteiger partial charge in [-0.2, -0.15) is 0 Å². The lowest BCUT2D eigenvalue weighted by Crippen LogP contribution is -2.08. The highest BCUT2D eigenvalue weighted by molar-refractivity contribution is 9.10. The molecule has 1 aromatic heterocycles. The molecule has 1 aliphatic heterocycles. The zero-order valence-corrected chi connectivity index (χ0v) is 15.2. The van der Waals surface area contributed by atoms with Gasteiger partial charge in [-0.15, -0.1) is 0 Å². The number of oxazole rings is 1. The van der Waals surface area contributed by atoms with Gasteiger partial charge in [0, 0.05) is 21.6 Å². The van der Waals surface area contributed by atoms with Crippen molar-refractivity contribution in [2.75, 3.05) is 0 Å². The number of hydrogen-bond donors (Lipinski definition) is 0. The van der Waals surface area contributed by atoms with Crippen LogP contribution in [0.4, 0.5) is 0 Å². The van der Waals surface area contributed by atoms with Gasteiger partial charge in [0.15, 0.2) is 5.58 Å². The van der Waals surface area contributed by atoms with Crippen LogP contribution in [0.5, 0.6) is 5.75 Å². The van der Waals surface area contributed by atoms with Crippen molar-refractivity contribution in [3.05, 3.63) is 61.5 Å². The summed E-state index contributed by atoms with van der Waals surface area (Å²) in [5, 5.41) is 0. The third-order valence-electron chi connectivity index (χ3n) is 3.34. The van der Waals surface area contributed by atoms with Crippen molar-refractivity contribution in [1.29, 1.82) is 0 Å². The molecule has 4 rings (SSSR count). The minimum atomic E-state index is -0.330. The number of aromatic nitrogens is 1. The van der Waals surface area contributed by atoms with E-state index in [-0.39, 0.29) is 11.7 Å². The zero-order chi connectivity index (χ0) is 16.6. The van der Waals surface area contributed by atoms with Crippen molar-refractivity contribution in [2.24, 2.45) is 7.05 Å². The first kappa shape index (κ1) is 16.0. The molecule has 23 heavy (non-hydrogen) atoms. The van der Waals surface area contributed by atoms with Gasteiger partial charge in [-0.25, -0.2) is 4.79 Å². The Morgan fingerprint density at radius 1 is 1.04 bits per heavy atom. The second-order valence-electron chi connectivity index (χ2n) is 4.94. The maximum atomic E-state index is 11.0. The molecule has 5 nitrogen and oxygen atoms in total. The Bertz CT molecular complexity index is 958. The zero-order valence-electron chi connectivity index (χ0n) is 12.0. The molecule has 3 aromatic rings. The average molecular weight is 441 g/mol. The van der Waals surface area contributed by atoms with Crippen LogP contribution in [0.2, 0.25) is 0 Å². The predicted octanol–water partition coefficient (Wildman–Crippen LogP) is 3.80. The molecule has 0 unspecified atom stereocenters. The summed E-state index contributed by atoms with van der Waals surface area (Å²) >= 11 is 6.59. The lowest BCUT2D eigenvalue weighted by Gasteiger charge is -1.95. The number of benzene rings is 2. The molecule has 118 valence electrons. The monoisotopic (exact) mass is 439 g/mol. The third-order valence-corrected chi connectivity index (χ3v) is 4.33. The van der Waals surface area contributed by atoms with Crippen molar-refractivity contribution < 1.29 is 13.9 Å². The van der Waals surface area contributed by atoms with Crippen LogP contribution in [0.25, 0.3) is 11.1 Å². The van der Waals surface area contributed by atoms with E-state index in [0.29, 0.717) is 17.8 Å². The Morgan fingerprint density at radius 3 is 2.52 bits per heavy atom. The molecule has 0 spiro atoms. The summed E-state index contributed by atoms with van der Waals surface area (Å²) in [5.41, 5.74) is 2.39. The Morgan fingerprint density at radius 2 is 1.74 bits per heavy atom. The van der Waals surface area contributed by atoms with Crippen molar-refractivity contribution in [3.63, 3.8) is 0 Å². The normalized spacial score (nSPS) is 12.6. The van der Waals surface area contributed by atoms with Gasteiger partial charge in [0.05, 0.1) is 11.9 Å². The van der Waals surface area contributed by atoms with Crippen LogP contribution in [0, 0.1) is 0 Å². The van der Waals surface area contributed by atoms with E-state index in [4.69, 9.17) is 9.15 Å². The summed E-state index contributed by atoms with van der Waals surface area (Å²) in [7, 11) is 1.68. The summed E-state index contributed by atoms with van der Waals surface area (Å²) in [6.07, 6.45) is 0.405. The quantitative estimate of drug-likeness (QED) is 0.394. The van der Waals surface area contributed by atoms with Crippen molar-refractivity contribution in [3.8, 4) is 5.75 Å². The molecular formula is C16H11Br2NO4. The average Bonchev–Trinajstić information content (AvgIpc) is 2.98. The van der Waals surface area contributed by atoms with Gasteiger partial charge in [0.25, 0.3) is 0 Å². The number of halogens is 2. The lowest BCUT2D eigenvalue weighted by molar-refractivity contribution is -0.131. The molecule has 2 heterocycles. The van der Waals surface area contributed by atoms with E-state index < -0.39 is 0 Å². The lowest BCUT2D eigenvalue weighted by atomic mass is 10.2. The number of carbonyl (C=O) groups is 1. The standard InChI is InChI=1S/C8H6BrNO2.C8H5BrO2/c1-10-6-3-2-5(9)4-7(6)12-8(10)11;9-6-2-1-5-3-8(10)11-7(5)4-6/h2-4H,1H3;1-2,4H,3H2. The second kappa shape index (κ2) is 6.33. The Labute approximate surface area is 148 Å². The van der Waals surface area contributed by atoms with Crippen LogP contribution in [0.1, 0.15) is 5.56 Å². The number of fused-ring (bicyclic) bond motifs is 2. The maximum absolute atomic E-state index is 11.0. The van der Waals surface area contributed by atoms with Gasteiger partial charge >= 0.3 is 11.7 Å². The fraction of sp³-hybridized carbons (Fsp3) is 0.125. The maximum Gasteiger partial charge on any atom is 0.419 e. The van der Waals surface area contributed by atoms with Gasteiger partial charge in [-0.3, -0.25) is 9.36 Å². The van der Waals surface area contributed by atoms with Gasteiger partial charge in [0.2, 0.25) is 0 Å². The van der Waals surface area contributed by atoms with Crippen LogP contribution in [0.15, 0.2) is 54.6 Å². The Kier molecular flexibility index (Phi) is 4.41. The number of esters is 1. The summed E-state index contributed by atoms with van der Waals surface area (Å²) in [6.45, 7) is 0. The number of rotatable bonds is 0. The van der Waals surface area contributed by atoms with Crippen LogP contribution < -0.4 is 10.5 Å². The fourth-order valence-corrected chi connectivity index (χ4v) is 2.87. The molecule has 7 heteroatoms. The molecule has 0 saturated heterocycles. The SMILES string of the molecule is Cn1c(=O)oc2cc(Br)ccc21.O=C1Cc2ccc(Br)cc2O1. The number of carbonyl (C=O) groups excluding carboxylic acids is 1. The van der Waals surface area contributed by atoms with Gasteiger partial charge in [-0.05, 0) is 30.3 Å². The highest BCUT2D eigenvalue weighted by atomic mass is 79.9. The molecule has 0 radical (unpaired) electrons. The molecule has 0 saturated carbocycles. The number of hydrogen-bond acceptors (Lipinski definition) is 4. The highest BCUT2D eigenvalue weighted by Crippen LogP contribution is 2.28. The third kappa shape index (κ3) is 3.40. The van der Waals surface area contributed by atoms with Gasteiger partial charge in [0.1, 0.15) is 5.75 Å². The molecular weight excluding hydrogens is 430 g/mol. The molecule has 0 atom stereocenters. The first-order valence-corrected chi connectivity index (χ1v) is 8.27. The van der Waals surface area contributed by atoms with Crippen LogP contribution in [0.3, 0.4) is 0 Å². The number of ether oxygens (including phenoxy) is 1. The Balaban J connectivity index is 0.000000136. The second-order valence-corrected chi connectivity index (χ2v) is 6.77. The molecule has 0 aliphatic carbocycles. The van der Waals surface area contributed by atoms with E-state index >= 15 is 0 Å². The van der Waals surface area contributed by atoms with Gasteiger partial charge < -0.3 is 9.15 Å². The van der Waals surface area contributed by atoms with Crippen molar-refractivity contribution >= 4 is 48.9 Å². The van der Waals surface area contributed by atoms with Gasteiger partial charge in [-0.1, -0.05) is 37.9 Å². The highest BCUT2D eigenvalue weighted by Gasteiger charge is 2.19. The summed E-state index contributed by atoms with van der Waals surface area (Å²) < 4.78 is 13.2. The smallest absolute Gasteiger partial charge is 0.419 e. The van der Waals surface area contributed by atoms with E-state index in [0.717, 1.165) is 20.0 Å². The van der Waals surface area contributed by atoms with E-state index in [1.54, 1.807) is 19.2 Å². The number of nitrogens with zero attached hydrogens (tertiary/aromatic N) is 1. The minimum absolute atomic E-state index is 0.168. The summed E-state index contributed by atoms with van der Waals surface area (Å²) in [5.74, 6) is 0.186. The molecule has 1 aliphatic rings. The van der Waals surface area contributed by atoms with Crippen molar-refractivity contribution in [2.45, 2.75) is 6.42 Å². The molecule has 0 amide bonds. The van der Waals surface area contributed by atoms with Crippen LogP contribution in [-0.2, 0) is 18.3 Å². The van der Waals surface area contributed by atoms with E-state index in [2.05, 4.69) is 31.9 Å². The Hall–Kier alpha value is -1.86. The van der Waals surface area contributed by atoms with E-state index in [1.165, 1.54) is 4.57 Å². The minimum Gasteiger partial charge on any atom is -0.426 e.